The minimum absolute atomic E-state index is 0.0695. The zero-order valence-electron chi connectivity index (χ0n) is 13.3. The number of aliphatic carboxylic acids is 2. The molecule has 0 spiro atoms. The van der Waals surface area contributed by atoms with Crippen molar-refractivity contribution in [3.63, 3.8) is 0 Å². The molecule has 0 aromatic heterocycles. The first-order valence-corrected chi connectivity index (χ1v) is 6.76. The van der Waals surface area contributed by atoms with Crippen LogP contribution in [0.2, 0.25) is 0 Å². The molecule has 0 rings (SSSR count). The molecule has 0 aromatic rings. The van der Waals surface area contributed by atoms with E-state index in [9.17, 15) is 19.5 Å². The number of likely N-dealkylation sites (N-methyl/N-ethyl adjacent to an activating group) is 1. The molecule has 0 aliphatic rings. The molecular formula is C14H25NO6. The van der Waals surface area contributed by atoms with Gasteiger partial charge in [0.25, 0.3) is 0 Å². The number of carboxylic acids is 2. The monoisotopic (exact) mass is 303 g/mol. The molecule has 1 unspecified atom stereocenters. The quantitative estimate of drug-likeness (QED) is 0.460. The van der Waals surface area contributed by atoms with Crippen molar-refractivity contribution in [2.45, 2.75) is 39.2 Å². The number of carboxylic acid groups (broad SMARTS) is 2. The molecule has 0 aliphatic carbocycles. The minimum Gasteiger partial charge on any atom is -0.550 e. The van der Waals surface area contributed by atoms with E-state index in [0.717, 1.165) is 0 Å². The van der Waals surface area contributed by atoms with E-state index in [1.54, 1.807) is 0 Å². The first-order valence-electron chi connectivity index (χ1n) is 6.76. The van der Waals surface area contributed by atoms with Gasteiger partial charge in [-0.1, -0.05) is 0 Å². The molecule has 1 atom stereocenters. The average molecular weight is 303 g/mol. The van der Waals surface area contributed by atoms with E-state index in [4.69, 9.17) is 9.84 Å². The molecule has 0 radical (unpaired) electrons. The van der Waals surface area contributed by atoms with E-state index in [0.29, 0.717) is 11.0 Å². The molecule has 7 heteroatoms. The molecule has 0 fully saturated rings. The van der Waals surface area contributed by atoms with Gasteiger partial charge in [-0.25, -0.2) is 0 Å². The highest BCUT2D eigenvalue weighted by atomic mass is 16.5. The van der Waals surface area contributed by atoms with Crippen molar-refractivity contribution < 1.29 is 33.8 Å². The lowest BCUT2D eigenvalue weighted by atomic mass is 9.88. The Morgan fingerprint density at radius 2 is 1.76 bits per heavy atom. The summed E-state index contributed by atoms with van der Waals surface area (Å²) in [7, 11) is 5.55. The smallest absolute Gasteiger partial charge is 0.309 e. The van der Waals surface area contributed by atoms with Crippen LogP contribution in [0.25, 0.3) is 0 Å². The second kappa shape index (κ2) is 7.40. The van der Waals surface area contributed by atoms with Crippen molar-refractivity contribution in [3.8, 4) is 0 Å². The number of quaternary nitrogens is 1. The summed E-state index contributed by atoms with van der Waals surface area (Å²) in [6.45, 7) is 3.38. The second-order valence-corrected chi connectivity index (χ2v) is 6.85. The summed E-state index contributed by atoms with van der Waals surface area (Å²) < 4.78 is 5.58. The van der Waals surface area contributed by atoms with Crippen molar-refractivity contribution in [2.24, 2.45) is 5.41 Å². The molecule has 0 heterocycles. The van der Waals surface area contributed by atoms with Crippen LogP contribution in [0.15, 0.2) is 0 Å². The fourth-order valence-corrected chi connectivity index (χ4v) is 1.71. The SMILES string of the molecule is CC(C)(CCC(=O)OC(CC(=O)[O-])C[N+](C)(C)C)C(=O)O. The Balaban J connectivity index is 4.53. The highest BCUT2D eigenvalue weighted by Crippen LogP contribution is 2.23. The average Bonchev–Trinajstić information content (AvgIpc) is 2.22. The molecule has 0 saturated carbocycles. The molecule has 0 amide bonds. The van der Waals surface area contributed by atoms with Crippen LogP contribution in [0.5, 0.6) is 0 Å². The largest absolute Gasteiger partial charge is 0.550 e. The van der Waals surface area contributed by atoms with E-state index >= 15 is 0 Å². The van der Waals surface area contributed by atoms with Crippen molar-refractivity contribution in [3.05, 3.63) is 0 Å². The van der Waals surface area contributed by atoms with Crippen LogP contribution in [0, 0.1) is 5.41 Å². The maximum atomic E-state index is 11.8. The van der Waals surface area contributed by atoms with E-state index in [1.807, 2.05) is 21.1 Å². The topological polar surface area (TPSA) is 104 Å². The molecular weight excluding hydrogens is 278 g/mol. The van der Waals surface area contributed by atoms with Gasteiger partial charge < -0.3 is 24.2 Å². The number of hydrogen-bond donors (Lipinski definition) is 1. The molecule has 0 bridgehead atoms. The van der Waals surface area contributed by atoms with Gasteiger partial charge in [-0.15, -0.1) is 0 Å². The predicted octanol–water partition coefficient (Wildman–Crippen LogP) is -0.365. The van der Waals surface area contributed by atoms with E-state index in [2.05, 4.69) is 0 Å². The van der Waals surface area contributed by atoms with E-state index in [-0.39, 0.29) is 19.3 Å². The maximum Gasteiger partial charge on any atom is 0.309 e. The van der Waals surface area contributed by atoms with Crippen LogP contribution in [0.1, 0.15) is 33.1 Å². The summed E-state index contributed by atoms with van der Waals surface area (Å²) in [5, 5.41) is 19.7. The number of carbonyl (C=O) groups is 3. The van der Waals surface area contributed by atoms with E-state index in [1.165, 1.54) is 13.8 Å². The van der Waals surface area contributed by atoms with Crippen LogP contribution in [-0.4, -0.2) is 61.3 Å². The van der Waals surface area contributed by atoms with Gasteiger partial charge in [0, 0.05) is 18.8 Å². The van der Waals surface area contributed by atoms with Crippen LogP contribution < -0.4 is 5.11 Å². The highest BCUT2D eigenvalue weighted by Gasteiger charge is 2.29. The van der Waals surface area contributed by atoms with Gasteiger partial charge in [0.2, 0.25) is 0 Å². The molecule has 21 heavy (non-hydrogen) atoms. The Hall–Kier alpha value is -1.63. The molecule has 0 saturated heterocycles. The van der Waals surface area contributed by atoms with Gasteiger partial charge in [-0.05, 0) is 20.3 Å². The highest BCUT2D eigenvalue weighted by molar-refractivity contribution is 5.76. The predicted molar refractivity (Wildman–Crippen MR) is 73.1 cm³/mol. The van der Waals surface area contributed by atoms with Crippen LogP contribution >= 0.6 is 0 Å². The number of carbonyl (C=O) groups excluding carboxylic acids is 2. The Kier molecular flexibility index (Phi) is 6.82. The molecule has 7 nitrogen and oxygen atoms in total. The zero-order chi connectivity index (χ0) is 16.8. The third-order valence-electron chi connectivity index (χ3n) is 2.98. The van der Waals surface area contributed by atoms with Crippen molar-refractivity contribution >= 4 is 17.9 Å². The number of esters is 1. The Bertz CT molecular complexity index is 397. The third kappa shape index (κ3) is 9.01. The van der Waals surface area contributed by atoms with Crippen molar-refractivity contribution in [1.29, 1.82) is 0 Å². The molecule has 0 aromatic carbocycles. The fraction of sp³-hybridized carbons (Fsp3) is 0.786. The molecule has 0 aliphatic heterocycles. The number of ether oxygens (including phenoxy) is 1. The lowest BCUT2D eigenvalue weighted by Gasteiger charge is -2.29. The Morgan fingerprint density at radius 3 is 2.14 bits per heavy atom. The van der Waals surface area contributed by atoms with Crippen LogP contribution in [-0.2, 0) is 19.1 Å². The lowest BCUT2D eigenvalue weighted by molar-refractivity contribution is -0.873. The third-order valence-corrected chi connectivity index (χ3v) is 2.98. The number of nitrogens with zero attached hydrogens (tertiary/aromatic N) is 1. The Morgan fingerprint density at radius 1 is 1.24 bits per heavy atom. The van der Waals surface area contributed by atoms with Gasteiger partial charge in [0.15, 0.2) is 6.10 Å². The van der Waals surface area contributed by atoms with Gasteiger partial charge in [-0.2, -0.15) is 0 Å². The van der Waals surface area contributed by atoms with Crippen molar-refractivity contribution in [1.82, 2.24) is 0 Å². The molecule has 122 valence electrons. The maximum absolute atomic E-state index is 11.8. The normalized spacial score (nSPS) is 13.6. The number of rotatable bonds is 9. The summed E-state index contributed by atoms with van der Waals surface area (Å²) in [5.74, 6) is -2.87. The molecule has 1 N–H and O–H groups in total. The standard InChI is InChI=1S/C14H25NO6/c1-14(2,13(19)20)7-6-12(18)21-10(8-11(16)17)9-15(3,4)5/h10H,6-9H2,1-5H3,(H-,16,17,19,20). The van der Waals surface area contributed by atoms with E-state index < -0.39 is 29.4 Å². The minimum atomic E-state index is -1.29. The first kappa shape index (κ1) is 19.4. The van der Waals surface area contributed by atoms with Crippen LogP contribution in [0.4, 0.5) is 0 Å². The summed E-state index contributed by atoms with van der Waals surface area (Å²) in [6, 6.07) is 0. The van der Waals surface area contributed by atoms with Gasteiger partial charge in [-0.3, -0.25) is 9.59 Å². The van der Waals surface area contributed by atoms with Gasteiger partial charge in [0.05, 0.1) is 26.6 Å². The summed E-state index contributed by atoms with van der Waals surface area (Å²) in [4.78, 5) is 33.4. The lowest BCUT2D eigenvalue weighted by Crippen LogP contribution is -2.45. The Labute approximate surface area is 125 Å². The fourth-order valence-electron chi connectivity index (χ4n) is 1.71. The van der Waals surface area contributed by atoms with Crippen molar-refractivity contribution in [2.75, 3.05) is 27.7 Å². The first-order chi connectivity index (χ1) is 9.33. The summed E-state index contributed by atoms with van der Waals surface area (Å²) in [5.41, 5.74) is -1.02. The second-order valence-electron chi connectivity index (χ2n) is 6.85. The van der Waals surface area contributed by atoms with Gasteiger partial charge >= 0.3 is 11.9 Å². The zero-order valence-corrected chi connectivity index (χ0v) is 13.3. The summed E-state index contributed by atoms with van der Waals surface area (Å²) >= 11 is 0. The number of hydrogen-bond acceptors (Lipinski definition) is 5. The summed E-state index contributed by atoms with van der Waals surface area (Å²) in [6.07, 6.45) is -1.09. The van der Waals surface area contributed by atoms with Crippen LogP contribution in [0.3, 0.4) is 0 Å². The van der Waals surface area contributed by atoms with Gasteiger partial charge in [0.1, 0.15) is 6.54 Å².